The molecule has 3 heterocycles. The van der Waals surface area contributed by atoms with Crippen molar-refractivity contribution in [1.29, 1.82) is 0 Å². The van der Waals surface area contributed by atoms with Gasteiger partial charge in [0.1, 0.15) is 16.7 Å². The van der Waals surface area contributed by atoms with Crippen LogP contribution in [0.25, 0.3) is 11.2 Å². The lowest BCUT2D eigenvalue weighted by Crippen LogP contribution is -2.29. The molecule has 0 radical (unpaired) electrons. The number of allylic oxidation sites excluding steroid dienone is 1. The first kappa shape index (κ1) is 16.5. The molecule has 25 heavy (non-hydrogen) atoms. The highest BCUT2D eigenvalue weighted by molar-refractivity contribution is 6.28. The highest BCUT2D eigenvalue weighted by Gasteiger charge is 2.45. The number of fused-ring (bicyclic) bond motifs is 1. The number of aromatic nitrogens is 4. The molecule has 0 spiro atoms. The van der Waals surface area contributed by atoms with Gasteiger partial charge in [-0.2, -0.15) is 18.2 Å². The summed E-state index contributed by atoms with van der Waals surface area (Å²) in [5.74, 6) is 0. The first-order chi connectivity index (χ1) is 11.9. The fourth-order valence-electron chi connectivity index (χ4n) is 3.70. The fourth-order valence-corrected chi connectivity index (χ4v) is 3.86. The Kier molecular flexibility index (Phi) is 3.82. The number of alkyl halides is 3. The van der Waals surface area contributed by atoms with E-state index in [1.165, 1.54) is 18.4 Å². The van der Waals surface area contributed by atoms with Gasteiger partial charge in [0, 0.05) is 12.3 Å². The van der Waals surface area contributed by atoms with E-state index < -0.39 is 18.1 Å². The third-order valence-electron chi connectivity index (χ3n) is 4.76. The first-order valence-corrected chi connectivity index (χ1v) is 8.46. The smallest absolute Gasteiger partial charge is 0.312 e. The lowest BCUT2D eigenvalue weighted by Gasteiger charge is -2.25. The van der Waals surface area contributed by atoms with Gasteiger partial charge in [-0.3, -0.25) is 4.99 Å². The second-order valence-electron chi connectivity index (χ2n) is 6.46. The topological polar surface area (TPSA) is 56.0 Å². The van der Waals surface area contributed by atoms with E-state index in [0.717, 1.165) is 25.7 Å². The number of imidazole rings is 1. The van der Waals surface area contributed by atoms with Crippen molar-refractivity contribution in [3.8, 4) is 0 Å². The Morgan fingerprint density at radius 2 is 2.00 bits per heavy atom. The van der Waals surface area contributed by atoms with Gasteiger partial charge in [-0.1, -0.05) is 12.8 Å². The van der Waals surface area contributed by atoms with Gasteiger partial charge < -0.3 is 4.57 Å². The van der Waals surface area contributed by atoms with Crippen LogP contribution < -0.4 is 0 Å². The molecular weight excluding hydrogens is 355 g/mol. The summed E-state index contributed by atoms with van der Waals surface area (Å²) in [6.07, 6.45) is 4.50. The Balaban J connectivity index is 1.89. The van der Waals surface area contributed by atoms with Crippen molar-refractivity contribution in [2.45, 2.75) is 49.9 Å². The van der Waals surface area contributed by atoms with Crippen LogP contribution in [0.2, 0.25) is 5.28 Å². The van der Waals surface area contributed by atoms with E-state index in [9.17, 15) is 13.2 Å². The summed E-state index contributed by atoms with van der Waals surface area (Å²) in [6, 6.07) is 0.241. The quantitative estimate of drug-likeness (QED) is 0.754. The average Bonchev–Trinajstić information content (AvgIpc) is 3.24. The Morgan fingerprint density at radius 3 is 2.64 bits per heavy atom. The Bertz CT molecular complexity index is 853. The van der Waals surface area contributed by atoms with E-state index in [0.29, 0.717) is 11.2 Å². The summed E-state index contributed by atoms with van der Waals surface area (Å²) in [5, 5.41) is -0.0979. The number of hydrogen-bond acceptors (Lipinski definition) is 4. The molecule has 1 aliphatic heterocycles. The van der Waals surface area contributed by atoms with Crippen molar-refractivity contribution in [2.24, 2.45) is 4.99 Å². The molecule has 1 unspecified atom stereocenters. The zero-order chi connectivity index (χ0) is 17.7. The molecule has 0 N–H and O–H groups in total. The van der Waals surface area contributed by atoms with Crippen LogP contribution in [0.1, 0.15) is 43.8 Å². The van der Waals surface area contributed by atoms with Crippen molar-refractivity contribution in [3.63, 3.8) is 0 Å². The minimum absolute atomic E-state index is 0.0979. The van der Waals surface area contributed by atoms with Crippen molar-refractivity contribution in [1.82, 2.24) is 19.5 Å². The Morgan fingerprint density at radius 1 is 1.24 bits per heavy atom. The van der Waals surface area contributed by atoms with E-state index in [-0.39, 0.29) is 17.0 Å². The summed E-state index contributed by atoms with van der Waals surface area (Å²) in [4.78, 5) is 16.7. The molecule has 5 nitrogen and oxygen atoms in total. The third-order valence-corrected chi connectivity index (χ3v) is 4.92. The van der Waals surface area contributed by atoms with Gasteiger partial charge in [-0.15, -0.1) is 0 Å². The predicted molar refractivity (Wildman–Crippen MR) is 87.8 cm³/mol. The molecular formula is C16H15ClF3N5. The number of halogens is 4. The molecule has 2 aromatic rings. The highest BCUT2D eigenvalue weighted by atomic mass is 35.5. The first-order valence-electron chi connectivity index (χ1n) is 8.08. The lowest BCUT2D eigenvalue weighted by molar-refractivity contribution is -0.144. The van der Waals surface area contributed by atoms with Crippen LogP contribution >= 0.6 is 11.6 Å². The van der Waals surface area contributed by atoms with Gasteiger partial charge in [-0.05, 0) is 36.6 Å². The van der Waals surface area contributed by atoms with Crippen LogP contribution in [0.4, 0.5) is 13.2 Å². The molecule has 1 atom stereocenters. The summed E-state index contributed by atoms with van der Waals surface area (Å²) < 4.78 is 41.4. The molecule has 0 amide bonds. The Labute approximate surface area is 146 Å². The summed E-state index contributed by atoms with van der Waals surface area (Å²) >= 11 is 6.05. The maximum Gasteiger partial charge on any atom is 0.392 e. The zero-order valence-corrected chi connectivity index (χ0v) is 13.9. The molecule has 1 aliphatic carbocycles. The van der Waals surface area contributed by atoms with Crippen molar-refractivity contribution < 1.29 is 13.2 Å². The molecule has 9 heteroatoms. The number of aliphatic imine (C=N–C) groups is 1. The highest BCUT2D eigenvalue weighted by Crippen LogP contribution is 2.42. The molecule has 2 aliphatic rings. The molecule has 0 bridgehead atoms. The molecule has 132 valence electrons. The second kappa shape index (κ2) is 5.79. The van der Waals surface area contributed by atoms with Crippen LogP contribution in [0.15, 0.2) is 23.5 Å². The van der Waals surface area contributed by atoms with E-state index in [2.05, 4.69) is 19.9 Å². The number of rotatable bonds is 3. The normalized spacial score (nSPS) is 24.0. The molecule has 1 saturated carbocycles. The standard InChI is InChI=1S/C16H15ClF3N5/c17-14-23-12(15(6-3-7-22-15)8-16(18,19)20)11-13(24-14)25(9-21-11)10-4-1-2-5-10/h3,6-7,9-10H,1-2,4-5,8H2. The average molecular weight is 370 g/mol. The van der Waals surface area contributed by atoms with Crippen LogP contribution in [0.3, 0.4) is 0 Å². The van der Waals surface area contributed by atoms with Gasteiger partial charge in [0.15, 0.2) is 5.65 Å². The summed E-state index contributed by atoms with van der Waals surface area (Å²) in [7, 11) is 0. The van der Waals surface area contributed by atoms with Crippen LogP contribution in [-0.2, 0) is 5.54 Å². The fraction of sp³-hybridized carbons (Fsp3) is 0.500. The van der Waals surface area contributed by atoms with Gasteiger partial charge in [0.25, 0.3) is 0 Å². The molecule has 4 rings (SSSR count). The number of hydrogen-bond donors (Lipinski definition) is 0. The minimum atomic E-state index is -4.41. The van der Waals surface area contributed by atoms with E-state index >= 15 is 0 Å². The molecule has 2 aromatic heterocycles. The minimum Gasteiger partial charge on any atom is -0.312 e. The SMILES string of the molecule is FC(F)(F)CC1(c2nc(Cl)nc3c2ncn3C2CCCC2)C=CC=N1. The van der Waals surface area contributed by atoms with Crippen LogP contribution in [0, 0.1) is 0 Å². The van der Waals surface area contributed by atoms with Gasteiger partial charge >= 0.3 is 6.18 Å². The monoisotopic (exact) mass is 369 g/mol. The van der Waals surface area contributed by atoms with Gasteiger partial charge in [0.05, 0.1) is 12.7 Å². The molecule has 0 aromatic carbocycles. The maximum absolute atomic E-state index is 13.2. The number of nitrogens with zero attached hydrogens (tertiary/aromatic N) is 5. The third kappa shape index (κ3) is 2.92. The predicted octanol–water partition coefficient (Wildman–Crippen LogP) is 4.38. The molecule has 1 fully saturated rings. The van der Waals surface area contributed by atoms with Crippen LogP contribution in [0.5, 0.6) is 0 Å². The van der Waals surface area contributed by atoms with Crippen molar-refractivity contribution in [3.05, 3.63) is 29.5 Å². The van der Waals surface area contributed by atoms with E-state index in [1.54, 1.807) is 6.33 Å². The summed E-state index contributed by atoms with van der Waals surface area (Å²) in [6.45, 7) is 0. The van der Waals surface area contributed by atoms with Crippen molar-refractivity contribution >= 4 is 29.0 Å². The van der Waals surface area contributed by atoms with E-state index in [1.807, 2.05) is 4.57 Å². The van der Waals surface area contributed by atoms with Crippen molar-refractivity contribution in [2.75, 3.05) is 0 Å². The second-order valence-corrected chi connectivity index (χ2v) is 6.80. The zero-order valence-electron chi connectivity index (χ0n) is 13.2. The molecule has 0 saturated heterocycles. The maximum atomic E-state index is 13.2. The Hall–Kier alpha value is -1.96. The largest absolute Gasteiger partial charge is 0.392 e. The van der Waals surface area contributed by atoms with Gasteiger partial charge in [-0.25, -0.2) is 9.97 Å². The summed E-state index contributed by atoms with van der Waals surface area (Å²) in [5.41, 5.74) is -0.748. The van der Waals surface area contributed by atoms with Gasteiger partial charge in [0.2, 0.25) is 5.28 Å². The van der Waals surface area contributed by atoms with E-state index in [4.69, 9.17) is 11.6 Å². The van der Waals surface area contributed by atoms with Crippen LogP contribution in [-0.4, -0.2) is 31.9 Å². The lowest BCUT2D eigenvalue weighted by atomic mass is 9.91.